The van der Waals surface area contributed by atoms with Crippen LogP contribution in [0.2, 0.25) is 0 Å². The van der Waals surface area contributed by atoms with Gasteiger partial charge >= 0.3 is 6.36 Å². The van der Waals surface area contributed by atoms with Crippen molar-refractivity contribution in [1.82, 2.24) is 9.97 Å². The second-order valence-corrected chi connectivity index (χ2v) is 7.17. The molecular formula is C22H18F4N4O2. The summed E-state index contributed by atoms with van der Waals surface area (Å²) < 4.78 is 55.2. The first-order valence-corrected chi connectivity index (χ1v) is 9.82. The average molecular weight is 446 g/mol. The van der Waals surface area contributed by atoms with E-state index in [2.05, 4.69) is 20.0 Å². The molecule has 166 valence electrons. The monoisotopic (exact) mass is 446 g/mol. The molecule has 3 aromatic rings. The summed E-state index contributed by atoms with van der Waals surface area (Å²) in [6.07, 6.45) is 1.30. The lowest BCUT2D eigenvalue weighted by Crippen LogP contribution is -2.21. The number of anilines is 2. The van der Waals surface area contributed by atoms with Crippen molar-refractivity contribution in [1.29, 1.82) is 0 Å². The van der Waals surface area contributed by atoms with Gasteiger partial charge in [0, 0.05) is 48.5 Å². The smallest absolute Gasteiger partial charge is 0.406 e. The minimum Gasteiger partial charge on any atom is -0.406 e. The van der Waals surface area contributed by atoms with Crippen LogP contribution in [0.1, 0.15) is 23.2 Å². The molecule has 0 bridgehead atoms. The van der Waals surface area contributed by atoms with Gasteiger partial charge < -0.3 is 15.0 Å². The number of benzene rings is 1. The normalized spacial score (nSPS) is 13.8. The van der Waals surface area contributed by atoms with Crippen LogP contribution in [0, 0.1) is 5.82 Å². The first kappa shape index (κ1) is 21.5. The number of carbonyl (C=O) groups excluding carboxylic acids is 1. The fourth-order valence-corrected chi connectivity index (χ4v) is 3.48. The highest BCUT2D eigenvalue weighted by Gasteiger charge is 2.31. The second-order valence-electron chi connectivity index (χ2n) is 7.17. The number of ether oxygens (including phenoxy) is 1. The minimum absolute atomic E-state index is 0.168. The lowest BCUT2D eigenvalue weighted by molar-refractivity contribution is -0.274. The second kappa shape index (κ2) is 8.81. The lowest BCUT2D eigenvalue weighted by atomic mass is 10.0. The van der Waals surface area contributed by atoms with E-state index < -0.39 is 23.8 Å². The van der Waals surface area contributed by atoms with Crippen molar-refractivity contribution in [3.63, 3.8) is 0 Å². The van der Waals surface area contributed by atoms with E-state index in [4.69, 9.17) is 0 Å². The van der Waals surface area contributed by atoms with Gasteiger partial charge in [0.1, 0.15) is 17.4 Å². The molecule has 1 amide bonds. The van der Waals surface area contributed by atoms with E-state index in [1.807, 2.05) is 4.90 Å². The Bertz CT molecular complexity index is 1110. The molecule has 32 heavy (non-hydrogen) atoms. The number of pyridine rings is 2. The predicted molar refractivity (Wildman–Crippen MR) is 110 cm³/mol. The summed E-state index contributed by atoms with van der Waals surface area (Å²) in [6, 6.07) is 7.53. The number of rotatable bonds is 5. The van der Waals surface area contributed by atoms with Crippen LogP contribution >= 0.6 is 0 Å². The molecule has 0 aliphatic carbocycles. The summed E-state index contributed by atoms with van der Waals surface area (Å²) in [6.45, 7) is 1.56. The Hall–Kier alpha value is -3.69. The summed E-state index contributed by atoms with van der Waals surface area (Å²) in [5.74, 6) is -0.860. The molecule has 1 N–H and O–H groups in total. The SMILES string of the molecule is O=C(Nc1ccc(OC(F)(F)F)cc1)c1cnc(N2CCCC2)c(-c2cnccc2F)c1. The predicted octanol–water partition coefficient (Wildman–Crippen LogP) is 5.03. The van der Waals surface area contributed by atoms with Crippen LogP contribution in [0.3, 0.4) is 0 Å². The summed E-state index contributed by atoms with van der Waals surface area (Å²) in [4.78, 5) is 23.2. The largest absolute Gasteiger partial charge is 0.573 e. The number of alkyl halides is 3. The first-order chi connectivity index (χ1) is 15.3. The number of carbonyl (C=O) groups is 1. The fourth-order valence-electron chi connectivity index (χ4n) is 3.48. The molecule has 1 saturated heterocycles. The average Bonchev–Trinajstić information content (AvgIpc) is 3.29. The Kier molecular flexibility index (Phi) is 5.93. The highest BCUT2D eigenvalue weighted by Crippen LogP contribution is 2.33. The Morgan fingerprint density at radius 3 is 2.41 bits per heavy atom. The number of nitrogens with zero attached hydrogens (tertiary/aromatic N) is 3. The van der Waals surface area contributed by atoms with Crippen LogP contribution in [-0.2, 0) is 0 Å². The van der Waals surface area contributed by atoms with E-state index in [0.29, 0.717) is 11.4 Å². The molecule has 0 radical (unpaired) electrons. The van der Waals surface area contributed by atoms with E-state index in [0.717, 1.165) is 38.1 Å². The summed E-state index contributed by atoms with van der Waals surface area (Å²) in [5, 5.41) is 2.59. The molecule has 4 rings (SSSR count). The van der Waals surface area contributed by atoms with Gasteiger partial charge in [0.15, 0.2) is 0 Å². The zero-order valence-corrected chi connectivity index (χ0v) is 16.7. The summed E-state index contributed by atoms with van der Waals surface area (Å²) in [7, 11) is 0. The van der Waals surface area contributed by atoms with Crippen LogP contribution in [-0.4, -0.2) is 35.3 Å². The van der Waals surface area contributed by atoms with Crippen molar-refractivity contribution in [3.8, 4) is 16.9 Å². The molecular weight excluding hydrogens is 428 g/mol. The van der Waals surface area contributed by atoms with E-state index >= 15 is 0 Å². The maximum atomic E-state index is 14.5. The highest BCUT2D eigenvalue weighted by atomic mass is 19.4. The van der Waals surface area contributed by atoms with Crippen LogP contribution in [0.4, 0.5) is 29.1 Å². The van der Waals surface area contributed by atoms with Gasteiger partial charge in [0.2, 0.25) is 0 Å². The number of hydrogen-bond donors (Lipinski definition) is 1. The lowest BCUT2D eigenvalue weighted by Gasteiger charge is -2.21. The Morgan fingerprint density at radius 1 is 1.03 bits per heavy atom. The van der Waals surface area contributed by atoms with E-state index in [1.165, 1.54) is 42.9 Å². The van der Waals surface area contributed by atoms with E-state index in [9.17, 15) is 22.4 Å². The molecule has 0 unspecified atom stereocenters. The van der Waals surface area contributed by atoms with Crippen LogP contribution in [0.15, 0.2) is 55.0 Å². The highest BCUT2D eigenvalue weighted by molar-refractivity contribution is 6.05. The van der Waals surface area contributed by atoms with Crippen LogP contribution in [0.25, 0.3) is 11.1 Å². The molecule has 1 aliphatic heterocycles. The van der Waals surface area contributed by atoms with E-state index in [1.54, 1.807) is 0 Å². The van der Waals surface area contributed by atoms with Gasteiger partial charge in [-0.05, 0) is 49.2 Å². The zero-order valence-electron chi connectivity index (χ0n) is 16.7. The quantitative estimate of drug-likeness (QED) is 0.557. The van der Waals surface area contributed by atoms with Gasteiger partial charge in [-0.3, -0.25) is 9.78 Å². The van der Waals surface area contributed by atoms with Crippen molar-refractivity contribution >= 4 is 17.4 Å². The third kappa shape index (κ3) is 4.96. The molecule has 10 heteroatoms. The van der Waals surface area contributed by atoms with Crippen molar-refractivity contribution in [3.05, 3.63) is 66.4 Å². The molecule has 0 spiro atoms. The zero-order chi connectivity index (χ0) is 22.7. The van der Waals surface area contributed by atoms with Crippen LogP contribution in [0.5, 0.6) is 5.75 Å². The molecule has 1 aromatic carbocycles. The number of aromatic nitrogens is 2. The molecule has 3 heterocycles. The van der Waals surface area contributed by atoms with Gasteiger partial charge in [-0.25, -0.2) is 9.37 Å². The van der Waals surface area contributed by atoms with Gasteiger partial charge in [0.05, 0.1) is 5.56 Å². The summed E-state index contributed by atoms with van der Waals surface area (Å²) >= 11 is 0. The van der Waals surface area contributed by atoms with Crippen molar-refractivity contribution in [2.24, 2.45) is 0 Å². The van der Waals surface area contributed by atoms with Crippen molar-refractivity contribution < 1.29 is 27.1 Å². The third-order valence-electron chi connectivity index (χ3n) is 4.94. The molecule has 6 nitrogen and oxygen atoms in total. The summed E-state index contributed by atoms with van der Waals surface area (Å²) in [5.41, 5.74) is 1.10. The standard InChI is InChI=1S/C22H18F4N4O2/c23-19-7-8-27-13-18(19)17-11-14(12-28-20(17)30-9-1-2-10-30)21(31)29-15-3-5-16(6-4-15)32-22(24,25)26/h3-8,11-13H,1-2,9-10H2,(H,29,31). The van der Waals surface area contributed by atoms with Gasteiger partial charge in [0.25, 0.3) is 5.91 Å². The Morgan fingerprint density at radius 2 is 1.75 bits per heavy atom. The number of hydrogen-bond acceptors (Lipinski definition) is 5. The van der Waals surface area contributed by atoms with Crippen molar-refractivity contribution in [2.75, 3.05) is 23.3 Å². The Balaban J connectivity index is 1.60. The molecule has 1 aliphatic rings. The first-order valence-electron chi connectivity index (χ1n) is 9.82. The van der Waals surface area contributed by atoms with E-state index in [-0.39, 0.29) is 16.8 Å². The maximum Gasteiger partial charge on any atom is 0.573 e. The van der Waals surface area contributed by atoms with Crippen molar-refractivity contribution in [2.45, 2.75) is 19.2 Å². The Labute approximate surface area is 180 Å². The van der Waals surface area contributed by atoms with Gasteiger partial charge in [-0.2, -0.15) is 0 Å². The minimum atomic E-state index is -4.80. The molecule has 1 fully saturated rings. The fraction of sp³-hybridized carbons (Fsp3) is 0.227. The molecule has 0 saturated carbocycles. The number of amides is 1. The van der Waals surface area contributed by atoms with Gasteiger partial charge in [-0.15, -0.1) is 13.2 Å². The maximum absolute atomic E-state index is 14.5. The molecule has 0 atom stereocenters. The van der Waals surface area contributed by atoms with Crippen LogP contribution < -0.4 is 15.0 Å². The molecule has 2 aromatic heterocycles. The number of halogens is 4. The topological polar surface area (TPSA) is 67.3 Å². The number of nitrogens with one attached hydrogen (secondary N) is 1. The third-order valence-corrected chi connectivity index (χ3v) is 4.94. The van der Waals surface area contributed by atoms with Gasteiger partial charge in [-0.1, -0.05) is 0 Å².